The van der Waals surface area contributed by atoms with Gasteiger partial charge in [-0.3, -0.25) is 0 Å². The fourth-order valence-electron chi connectivity index (χ4n) is 2.96. The molecule has 2 nitrogen and oxygen atoms in total. The van der Waals surface area contributed by atoms with E-state index in [4.69, 9.17) is 11.6 Å². The molecule has 0 spiro atoms. The molecule has 0 aromatic heterocycles. The van der Waals surface area contributed by atoms with Crippen molar-refractivity contribution in [3.63, 3.8) is 0 Å². The molecule has 0 saturated heterocycles. The van der Waals surface area contributed by atoms with E-state index in [9.17, 15) is 5.26 Å². The van der Waals surface area contributed by atoms with E-state index in [1.165, 1.54) is 6.42 Å². The van der Waals surface area contributed by atoms with Crippen LogP contribution in [0.1, 0.15) is 39.0 Å². The molecule has 1 fully saturated rings. The molecule has 1 aliphatic carbocycles. The van der Waals surface area contributed by atoms with Crippen molar-refractivity contribution < 1.29 is 0 Å². The second-order valence-corrected chi connectivity index (χ2v) is 5.51. The van der Waals surface area contributed by atoms with Crippen LogP contribution in [0.3, 0.4) is 0 Å². The molecule has 2 atom stereocenters. The molecule has 0 amide bonds. The van der Waals surface area contributed by atoms with Gasteiger partial charge in [0.05, 0.1) is 6.07 Å². The van der Waals surface area contributed by atoms with Gasteiger partial charge in [0.1, 0.15) is 5.54 Å². The highest BCUT2D eigenvalue weighted by Gasteiger charge is 2.40. The van der Waals surface area contributed by atoms with Crippen molar-refractivity contribution in [1.82, 2.24) is 0 Å². The van der Waals surface area contributed by atoms with Crippen LogP contribution in [-0.4, -0.2) is 5.54 Å². The Morgan fingerprint density at radius 2 is 2.33 bits per heavy atom. The molecular weight excluding hydrogens is 244 g/mol. The lowest BCUT2D eigenvalue weighted by Crippen LogP contribution is -2.46. The summed E-state index contributed by atoms with van der Waals surface area (Å²) < 4.78 is 0. The predicted molar refractivity (Wildman–Crippen MR) is 75.7 cm³/mol. The van der Waals surface area contributed by atoms with Crippen LogP contribution in [0.15, 0.2) is 24.3 Å². The summed E-state index contributed by atoms with van der Waals surface area (Å²) in [4.78, 5) is 0. The van der Waals surface area contributed by atoms with Crippen molar-refractivity contribution in [1.29, 1.82) is 5.26 Å². The first kappa shape index (κ1) is 13.2. The zero-order valence-electron chi connectivity index (χ0n) is 10.7. The molecule has 1 aromatic rings. The van der Waals surface area contributed by atoms with Crippen molar-refractivity contribution in [2.75, 3.05) is 5.32 Å². The number of nitriles is 1. The normalized spacial score (nSPS) is 27.5. The second-order valence-electron chi connectivity index (χ2n) is 5.07. The van der Waals surface area contributed by atoms with Crippen LogP contribution in [0.5, 0.6) is 0 Å². The van der Waals surface area contributed by atoms with Gasteiger partial charge in [0.15, 0.2) is 0 Å². The minimum Gasteiger partial charge on any atom is -0.367 e. The van der Waals surface area contributed by atoms with E-state index in [2.05, 4.69) is 18.3 Å². The third kappa shape index (κ3) is 2.62. The molecular formula is C15H19ClN2. The third-order valence-electron chi connectivity index (χ3n) is 3.95. The maximum absolute atomic E-state index is 9.63. The van der Waals surface area contributed by atoms with Gasteiger partial charge in [-0.25, -0.2) is 0 Å². The first-order chi connectivity index (χ1) is 8.70. The number of hydrogen-bond donors (Lipinski definition) is 1. The zero-order valence-corrected chi connectivity index (χ0v) is 11.5. The number of nitrogens with one attached hydrogen (secondary N) is 1. The molecule has 0 heterocycles. The topological polar surface area (TPSA) is 35.8 Å². The summed E-state index contributed by atoms with van der Waals surface area (Å²) in [6.45, 7) is 2.17. The van der Waals surface area contributed by atoms with Crippen LogP contribution >= 0.6 is 11.6 Å². The van der Waals surface area contributed by atoms with Gasteiger partial charge < -0.3 is 5.32 Å². The van der Waals surface area contributed by atoms with Gasteiger partial charge in [-0.1, -0.05) is 43.9 Å². The van der Waals surface area contributed by atoms with Crippen LogP contribution < -0.4 is 5.32 Å². The number of anilines is 1. The maximum Gasteiger partial charge on any atom is 0.128 e. The van der Waals surface area contributed by atoms with Crippen molar-refractivity contribution in [3.05, 3.63) is 29.3 Å². The Hall–Kier alpha value is -1.20. The average Bonchev–Trinajstić information content (AvgIpc) is 2.39. The molecule has 2 rings (SSSR count). The van der Waals surface area contributed by atoms with E-state index in [1.54, 1.807) is 0 Å². The maximum atomic E-state index is 9.63. The van der Waals surface area contributed by atoms with Gasteiger partial charge in [-0.15, -0.1) is 0 Å². The van der Waals surface area contributed by atoms with E-state index < -0.39 is 5.54 Å². The minimum atomic E-state index is -0.419. The summed E-state index contributed by atoms with van der Waals surface area (Å²) >= 11 is 6.00. The van der Waals surface area contributed by atoms with Gasteiger partial charge in [-0.2, -0.15) is 5.26 Å². The van der Waals surface area contributed by atoms with Crippen LogP contribution in [0.25, 0.3) is 0 Å². The van der Waals surface area contributed by atoms with Crippen LogP contribution in [0.2, 0.25) is 5.02 Å². The Labute approximate surface area is 114 Å². The predicted octanol–water partition coefficient (Wildman–Crippen LogP) is 4.61. The highest BCUT2D eigenvalue weighted by molar-refractivity contribution is 6.30. The van der Waals surface area contributed by atoms with Crippen molar-refractivity contribution in [3.8, 4) is 6.07 Å². The minimum absolute atomic E-state index is 0.419. The number of benzene rings is 1. The molecule has 18 heavy (non-hydrogen) atoms. The number of hydrogen-bond acceptors (Lipinski definition) is 2. The lowest BCUT2D eigenvalue weighted by molar-refractivity contribution is 0.259. The van der Waals surface area contributed by atoms with Crippen molar-refractivity contribution >= 4 is 17.3 Å². The molecule has 0 radical (unpaired) electrons. The smallest absolute Gasteiger partial charge is 0.128 e. The summed E-state index contributed by atoms with van der Waals surface area (Å²) in [5.74, 6) is 0.426. The zero-order chi connectivity index (χ0) is 13.0. The van der Waals surface area contributed by atoms with Gasteiger partial charge in [-0.05, 0) is 37.0 Å². The molecule has 1 aromatic carbocycles. The summed E-state index contributed by atoms with van der Waals surface area (Å²) in [6, 6.07) is 10.2. The standard InChI is InChI=1S/C15H19ClN2/c1-2-12-6-3-4-9-15(12,11-17)18-14-8-5-7-13(16)10-14/h5,7-8,10,12,18H,2-4,6,9H2,1H3. The highest BCUT2D eigenvalue weighted by Crippen LogP contribution is 2.38. The Balaban J connectivity index is 2.24. The molecule has 1 N–H and O–H groups in total. The van der Waals surface area contributed by atoms with E-state index in [-0.39, 0.29) is 0 Å². The lowest BCUT2D eigenvalue weighted by atomic mass is 9.72. The molecule has 3 heteroatoms. The van der Waals surface area contributed by atoms with E-state index in [1.807, 2.05) is 24.3 Å². The van der Waals surface area contributed by atoms with Crippen LogP contribution in [0.4, 0.5) is 5.69 Å². The molecule has 96 valence electrons. The fourth-order valence-corrected chi connectivity index (χ4v) is 3.15. The van der Waals surface area contributed by atoms with E-state index >= 15 is 0 Å². The molecule has 2 unspecified atom stereocenters. The largest absolute Gasteiger partial charge is 0.367 e. The Morgan fingerprint density at radius 3 is 3.00 bits per heavy atom. The Kier molecular flexibility index (Phi) is 4.14. The molecule has 1 saturated carbocycles. The molecule has 1 aliphatic rings. The average molecular weight is 263 g/mol. The third-order valence-corrected chi connectivity index (χ3v) is 4.19. The van der Waals surface area contributed by atoms with Gasteiger partial charge in [0, 0.05) is 10.7 Å². The summed E-state index contributed by atoms with van der Waals surface area (Å²) in [6.07, 6.45) is 5.46. The lowest BCUT2D eigenvalue weighted by Gasteiger charge is -2.40. The summed E-state index contributed by atoms with van der Waals surface area (Å²) in [5, 5.41) is 13.8. The molecule has 0 aliphatic heterocycles. The van der Waals surface area contributed by atoms with Crippen LogP contribution in [0, 0.1) is 17.2 Å². The van der Waals surface area contributed by atoms with Crippen molar-refractivity contribution in [2.24, 2.45) is 5.92 Å². The molecule has 0 bridgehead atoms. The number of nitrogens with zero attached hydrogens (tertiary/aromatic N) is 1. The first-order valence-corrected chi connectivity index (χ1v) is 7.03. The Morgan fingerprint density at radius 1 is 1.50 bits per heavy atom. The summed E-state index contributed by atoms with van der Waals surface area (Å²) in [5.41, 5.74) is 0.530. The fraction of sp³-hybridized carbons (Fsp3) is 0.533. The second kappa shape index (κ2) is 5.63. The first-order valence-electron chi connectivity index (χ1n) is 6.65. The van der Waals surface area contributed by atoms with E-state index in [0.29, 0.717) is 10.9 Å². The highest BCUT2D eigenvalue weighted by atomic mass is 35.5. The summed E-state index contributed by atoms with van der Waals surface area (Å²) in [7, 11) is 0. The van der Waals surface area contributed by atoms with E-state index in [0.717, 1.165) is 31.4 Å². The van der Waals surface area contributed by atoms with Gasteiger partial charge in [0.2, 0.25) is 0 Å². The number of rotatable bonds is 3. The monoisotopic (exact) mass is 262 g/mol. The Bertz CT molecular complexity index is 452. The van der Waals surface area contributed by atoms with Gasteiger partial charge >= 0.3 is 0 Å². The SMILES string of the molecule is CCC1CCCCC1(C#N)Nc1cccc(Cl)c1. The number of halogens is 1. The van der Waals surface area contributed by atoms with Crippen LogP contribution in [-0.2, 0) is 0 Å². The van der Waals surface area contributed by atoms with Gasteiger partial charge in [0.25, 0.3) is 0 Å². The van der Waals surface area contributed by atoms with Crippen molar-refractivity contribution in [2.45, 2.75) is 44.6 Å². The quantitative estimate of drug-likeness (QED) is 0.863.